The molecular weight excluding hydrogens is 340 g/mol. The molecule has 132 valence electrons. The number of methoxy groups -OCH3 is 1. The minimum Gasteiger partial charge on any atom is -0.497 e. The van der Waals surface area contributed by atoms with Gasteiger partial charge in [-0.15, -0.1) is 0 Å². The number of hydrogen-bond donors (Lipinski definition) is 0. The second kappa shape index (κ2) is 6.29. The largest absolute Gasteiger partial charge is 0.497 e. The lowest BCUT2D eigenvalue weighted by molar-refractivity contribution is -0.431. The zero-order valence-corrected chi connectivity index (χ0v) is 14.9. The molecule has 1 aliphatic carbocycles. The topological polar surface area (TPSA) is 72.7 Å². The summed E-state index contributed by atoms with van der Waals surface area (Å²) in [6.07, 6.45) is 3.87. The number of ether oxygens (including phenoxy) is 1. The van der Waals surface area contributed by atoms with Gasteiger partial charge >= 0.3 is 0 Å². The van der Waals surface area contributed by atoms with Crippen molar-refractivity contribution in [1.82, 2.24) is 4.90 Å². The summed E-state index contributed by atoms with van der Waals surface area (Å²) in [5.74, 6) is 0.709. The third kappa shape index (κ3) is 2.57. The second-order valence-corrected chi connectivity index (χ2v) is 8.02. The van der Waals surface area contributed by atoms with Gasteiger partial charge in [0.1, 0.15) is 11.7 Å². The van der Waals surface area contributed by atoms with Crippen LogP contribution in [0.3, 0.4) is 0 Å². The van der Waals surface area contributed by atoms with Crippen LogP contribution in [0.5, 0.6) is 5.75 Å². The van der Waals surface area contributed by atoms with Crippen LogP contribution in [-0.2, 0) is 10.8 Å². The molecule has 0 bridgehead atoms. The van der Waals surface area contributed by atoms with E-state index in [1.165, 1.54) is 0 Å². The molecule has 1 saturated heterocycles. The van der Waals surface area contributed by atoms with Gasteiger partial charge in [0, 0.05) is 18.0 Å². The number of nitro groups is 1. The Bertz CT molecular complexity index is 830. The maximum absolute atomic E-state index is 12.6. The van der Waals surface area contributed by atoms with Gasteiger partial charge in [0.25, 0.3) is 5.70 Å². The van der Waals surface area contributed by atoms with Gasteiger partial charge in [-0.05, 0) is 49.0 Å². The van der Waals surface area contributed by atoms with Crippen molar-refractivity contribution < 1.29 is 13.9 Å². The molecule has 1 fully saturated rings. The lowest BCUT2D eigenvalue weighted by Crippen LogP contribution is -2.32. The fourth-order valence-corrected chi connectivity index (χ4v) is 5.61. The van der Waals surface area contributed by atoms with E-state index >= 15 is 0 Å². The average molecular weight is 360 g/mol. The Morgan fingerprint density at radius 1 is 1.32 bits per heavy atom. The molecule has 25 heavy (non-hydrogen) atoms. The lowest BCUT2D eigenvalue weighted by atomic mass is 9.79. The molecule has 0 saturated carbocycles. The molecule has 1 aromatic carbocycles. The highest BCUT2D eigenvalue weighted by molar-refractivity contribution is 7.89. The predicted molar refractivity (Wildman–Crippen MR) is 95.0 cm³/mol. The van der Waals surface area contributed by atoms with Crippen molar-refractivity contribution in [2.75, 3.05) is 19.4 Å². The van der Waals surface area contributed by atoms with Gasteiger partial charge < -0.3 is 9.64 Å². The van der Waals surface area contributed by atoms with Crippen molar-refractivity contribution in [2.24, 2.45) is 0 Å². The summed E-state index contributed by atoms with van der Waals surface area (Å²) in [6, 6.07) is 7.46. The molecule has 2 atom stereocenters. The molecule has 1 aromatic rings. The highest BCUT2D eigenvalue weighted by atomic mass is 32.2. The first-order chi connectivity index (χ1) is 12.1. The maximum atomic E-state index is 12.6. The number of fused-ring (bicyclic) bond motifs is 2. The van der Waals surface area contributed by atoms with Crippen LogP contribution in [0, 0.1) is 10.1 Å². The number of rotatable bonds is 3. The molecule has 6 nitrogen and oxygen atoms in total. The van der Waals surface area contributed by atoms with E-state index in [0.717, 1.165) is 42.5 Å². The van der Waals surface area contributed by atoms with E-state index < -0.39 is 16.7 Å². The van der Waals surface area contributed by atoms with Crippen LogP contribution in [0.15, 0.2) is 46.3 Å². The van der Waals surface area contributed by atoms with E-state index in [1.807, 2.05) is 29.2 Å². The Morgan fingerprint density at radius 3 is 2.88 bits per heavy atom. The van der Waals surface area contributed by atoms with E-state index in [2.05, 4.69) is 0 Å². The molecule has 3 aliphatic rings. The Balaban J connectivity index is 1.95. The Kier molecular flexibility index (Phi) is 4.11. The molecular formula is C18H20N2O4S. The minimum absolute atomic E-state index is 0.0877. The molecule has 7 heteroatoms. The fourth-order valence-electron chi connectivity index (χ4n) is 4.19. The van der Waals surface area contributed by atoms with Crippen molar-refractivity contribution in [3.8, 4) is 5.75 Å². The summed E-state index contributed by atoms with van der Waals surface area (Å²) in [6.45, 7) is 0.614. The van der Waals surface area contributed by atoms with Crippen molar-refractivity contribution in [3.05, 3.63) is 61.9 Å². The lowest BCUT2D eigenvalue weighted by Gasteiger charge is -2.36. The molecule has 0 amide bonds. The number of allylic oxidation sites excluding steroid dienone is 2. The van der Waals surface area contributed by atoms with E-state index in [-0.39, 0.29) is 10.6 Å². The quantitative estimate of drug-likeness (QED) is 0.612. The first kappa shape index (κ1) is 16.3. The van der Waals surface area contributed by atoms with Gasteiger partial charge in [0.05, 0.1) is 22.8 Å². The van der Waals surface area contributed by atoms with Gasteiger partial charge in [-0.2, -0.15) is 0 Å². The Morgan fingerprint density at radius 2 is 2.12 bits per heavy atom. The maximum Gasteiger partial charge on any atom is 0.290 e. The van der Waals surface area contributed by atoms with Crippen molar-refractivity contribution in [1.29, 1.82) is 0 Å². The van der Waals surface area contributed by atoms with E-state index in [9.17, 15) is 14.3 Å². The smallest absolute Gasteiger partial charge is 0.290 e. The van der Waals surface area contributed by atoms with Crippen molar-refractivity contribution >= 4 is 10.8 Å². The molecule has 2 aliphatic heterocycles. The first-order valence-corrected chi connectivity index (χ1v) is 9.84. The normalized spacial score (nSPS) is 25.7. The molecule has 0 aromatic heterocycles. The SMILES string of the molecule is COc1cccc(C2C3=C(CCCC3)N3CCS(=O)C3=C2[N+](=O)[O-])c1. The van der Waals surface area contributed by atoms with Gasteiger partial charge in [0.2, 0.25) is 0 Å². The zero-order chi connectivity index (χ0) is 17.6. The second-order valence-electron chi connectivity index (χ2n) is 6.54. The summed E-state index contributed by atoms with van der Waals surface area (Å²) >= 11 is 0. The Labute approximate surface area is 148 Å². The Hall–Kier alpha value is -2.15. The average Bonchev–Trinajstić information content (AvgIpc) is 3.02. The third-order valence-electron chi connectivity index (χ3n) is 5.23. The van der Waals surface area contributed by atoms with Crippen LogP contribution in [0.4, 0.5) is 0 Å². The van der Waals surface area contributed by atoms with E-state index in [0.29, 0.717) is 23.1 Å². The zero-order valence-electron chi connectivity index (χ0n) is 14.1. The fraction of sp³-hybridized carbons (Fsp3) is 0.444. The van der Waals surface area contributed by atoms with Crippen LogP contribution in [0.2, 0.25) is 0 Å². The van der Waals surface area contributed by atoms with Crippen LogP contribution < -0.4 is 4.74 Å². The molecule has 0 radical (unpaired) electrons. The highest BCUT2D eigenvalue weighted by Gasteiger charge is 2.47. The van der Waals surface area contributed by atoms with Gasteiger partial charge in [-0.1, -0.05) is 12.1 Å². The van der Waals surface area contributed by atoms with E-state index in [4.69, 9.17) is 4.74 Å². The minimum atomic E-state index is -1.31. The summed E-state index contributed by atoms with van der Waals surface area (Å²) in [4.78, 5) is 13.6. The highest BCUT2D eigenvalue weighted by Crippen LogP contribution is 2.49. The van der Waals surface area contributed by atoms with Gasteiger partial charge in [-0.25, -0.2) is 0 Å². The van der Waals surface area contributed by atoms with Gasteiger partial charge in [0.15, 0.2) is 5.03 Å². The van der Waals surface area contributed by atoms with Crippen LogP contribution >= 0.6 is 0 Å². The molecule has 4 rings (SSSR count). The van der Waals surface area contributed by atoms with Crippen molar-refractivity contribution in [2.45, 2.75) is 31.6 Å². The van der Waals surface area contributed by atoms with Crippen molar-refractivity contribution in [3.63, 3.8) is 0 Å². The van der Waals surface area contributed by atoms with Crippen LogP contribution in [0.1, 0.15) is 37.2 Å². The number of hydrogen-bond acceptors (Lipinski definition) is 5. The first-order valence-electron chi connectivity index (χ1n) is 8.52. The summed E-state index contributed by atoms with van der Waals surface area (Å²) in [5, 5.41) is 12.4. The van der Waals surface area contributed by atoms with Crippen LogP contribution in [0.25, 0.3) is 0 Å². The summed E-state index contributed by atoms with van der Waals surface area (Å²) < 4.78 is 17.9. The molecule has 2 heterocycles. The van der Waals surface area contributed by atoms with Crippen LogP contribution in [-0.4, -0.2) is 33.4 Å². The van der Waals surface area contributed by atoms with E-state index in [1.54, 1.807) is 7.11 Å². The molecule has 0 spiro atoms. The summed E-state index contributed by atoms with van der Waals surface area (Å²) in [5.41, 5.74) is 3.21. The monoisotopic (exact) mass is 360 g/mol. The number of nitrogens with zero attached hydrogens (tertiary/aromatic N) is 2. The molecule has 0 N–H and O–H groups in total. The summed E-state index contributed by atoms with van der Waals surface area (Å²) in [7, 11) is 0.281. The standard InChI is InChI=1S/C18H20N2O4S/c1-24-13-6-4-5-12(11-13)16-14-7-2-3-8-15(14)19-9-10-25(23)18(19)17(16)20(21)22/h4-6,11,16H,2-3,7-10H2,1H3. The number of benzene rings is 1. The third-order valence-corrected chi connectivity index (χ3v) is 6.65. The predicted octanol–water partition coefficient (Wildman–Crippen LogP) is 3.13. The van der Waals surface area contributed by atoms with Gasteiger partial charge in [-0.3, -0.25) is 14.3 Å². The molecule has 2 unspecified atom stereocenters.